The van der Waals surface area contributed by atoms with Crippen LogP contribution < -0.4 is 4.74 Å². The number of nitrogens with zero attached hydrogens (tertiary/aromatic N) is 2. The Morgan fingerprint density at radius 1 is 1.00 bits per heavy atom. The minimum absolute atomic E-state index is 0.00924. The fraction of sp³-hybridized carbons (Fsp3) is 0.763. The van der Waals surface area contributed by atoms with Gasteiger partial charge >= 0.3 is 19.2 Å². The van der Waals surface area contributed by atoms with Crippen molar-refractivity contribution in [2.45, 2.75) is 149 Å². The molecule has 11 heteroatoms. The summed E-state index contributed by atoms with van der Waals surface area (Å²) in [6.45, 7) is 21.5. The van der Waals surface area contributed by atoms with Gasteiger partial charge in [0.2, 0.25) is 5.91 Å². The number of amides is 2. The second-order valence-corrected chi connectivity index (χ2v) is 17.9. The predicted molar refractivity (Wildman–Crippen MR) is 187 cm³/mol. The van der Waals surface area contributed by atoms with E-state index in [1.165, 1.54) is 6.42 Å². The number of carbonyl (C=O) groups is 3. The van der Waals surface area contributed by atoms with Gasteiger partial charge in [-0.05, 0) is 128 Å². The summed E-state index contributed by atoms with van der Waals surface area (Å²) in [6, 6.07) is 3.72. The van der Waals surface area contributed by atoms with Crippen molar-refractivity contribution in [1.29, 1.82) is 0 Å². The molecule has 0 spiro atoms. The molecule has 0 unspecified atom stereocenters. The Morgan fingerprint density at radius 2 is 1.69 bits per heavy atom. The molecule has 3 aliphatic heterocycles. The summed E-state index contributed by atoms with van der Waals surface area (Å²) in [5.41, 5.74) is 1.07. The number of ether oxygens (including phenoxy) is 3. The highest BCUT2D eigenvalue weighted by atomic mass is 16.7. The normalized spacial score (nSPS) is 29.2. The molecule has 2 bridgehead atoms. The fourth-order valence-corrected chi connectivity index (χ4v) is 8.87. The van der Waals surface area contributed by atoms with Crippen LogP contribution in [-0.4, -0.2) is 89.6 Å². The molecule has 0 radical (unpaired) electrons. The minimum atomic E-state index is -0.671. The molecule has 7 rings (SSSR count). The lowest BCUT2D eigenvalue weighted by Gasteiger charge is -2.64. The minimum Gasteiger partial charge on any atom is -0.486 e. The third kappa shape index (κ3) is 7.21. The Hall–Kier alpha value is -2.79. The summed E-state index contributed by atoms with van der Waals surface area (Å²) < 4.78 is 30.9. The second kappa shape index (κ2) is 12.8. The number of benzene rings is 1. The summed E-state index contributed by atoms with van der Waals surface area (Å²) in [7, 11) is -0.274. The van der Waals surface area contributed by atoms with Crippen LogP contribution in [0.15, 0.2) is 12.1 Å². The van der Waals surface area contributed by atoms with Crippen molar-refractivity contribution in [3.8, 4) is 5.75 Å². The highest BCUT2D eigenvalue weighted by Crippen LogP contribution is 2.65. The maximum atomic E-state index is 13.6. The van der Waals surface area contributed by atoms with E-state index in [9.17, 15) is 14.4 Å². The zero-order chi connectivity index (χ0) is 35.7. The largest absolute Gasteiger partial charge is 0.486 e. The van der Waals surface area contributed by atoms with E-state index < -0.39 is 17.2 Å². The van der Waals surface area contributed by atoms with E-state index >= 15 is 0 Å². The molecule has 3 heterocycles. The van der Waals surface area contributed by atoms with Crippen molar-refractivity contribution in [2.75, 3.05) is 19.6 Å². The van der Waals surface area contributed by atoms with Crippen LogP contribution in [0.2, 0.25) is 6.32 Å². The van der Waals surface area contributed by atoms with E-state index in [0.29, 0.717) is 60.9 Å². The average Bonchev–Trinajstić information content (AvgIpc) is 3.55. The van der Waals surface area contributed by atoms with Gasteiger partial charge in [0.15, 0.2) is 0 Å². The van der Waals surface area contributed by atoms with E-state index in [-0.39, 0.29) is 49.4 Å². The summed E-state index contributed by atoms with van der Waals surface area (Å²) in [5, 5.41) is 0. The second-order valence-electron chi connectivity index (χ2n) is 17.9. The van der Waals surface area contributed by atoms with Gasteiger partial charge in [0, 0.05) is 19.0 Å². The Labute approximate surface area is 293 Å². The van der Waals surface area contributed by atoms with Gasteiger partial charge in [0.05, 0.1) is 24.8 Å². The zero-order valence-corrected chi connectivity index (χ0v) is 31.4. The predicted octanol–water partition coefficient (Wildman–Crippen LogP) is 6.60. The van der Waals surface area contributed by atoms with E-state index in [4.69, 9.17) is 23.5 Å². The summed E-state index contributed by atoms with van der Waals surface area (Å²) in [5.74, 6) is 1.25. The van der Waals surface area contributed by atoms with Crippen LogP contribution in [0.5, 0.6) is 5.75 Å². The summed E-state index contributed by atoms with van der Waals surface area (Å²) >= 11 is 0. The van der Waals surface area contributed by atoms with Crippen molar-refractivity contribution in [3.63, 3.8) is 0 Å². The molecular weight excluding hydrogens is 623 g/mol. The maximum Gasteiger partial charge on any atom is 0.457 e. The molecule has 3 aliphatic carbocycles. The third-order valence-electron chi connectivity index (χ3n) is 11.7. The van der Waals surface area contributed by atoms with Crippen molar-refractivity contribution in [2.24, 2.45) is 17.3 Å². The number of esters is 1. The number of rotatable bonds is 8. The first-order valence-electron chi connectivity index (χ1n) is 18.4. The van der Waals surface area contributed by atoms with Gasteiger partial charge in [-0.3, -0.25) is 4.79 Å². The van der Waals surface area contributed by atoms with Gasteiger partial charge < -0.3 is 33.3 Å². The molecule has 5 atom stereocenters. The number of likely N-dealkylation sites (tertiary alicyclic amines) is 2. The molecule has 6 aliphatic rings. The zero-order valence-electron chi connectivity index (χ0n) is 31.4. The van der Waals surface area contributed by atoms with Crippen LogP contribution in [0.1, 0.15) is 116 Å². The van der Waals surface area contributed by atoms with Crippen LogP contribution in [0, 0.1) is 24.2 Å². The Kier molecular flexibility index (Phi) is 9.38. The molecule has 3 saturated carbocycles. The van der Waals surface area contributed by atoms with Gasteiger partial charge in [-0.15, -0.1) is 0 Å². The first-order chi connectivity index (χ1) is 22.7. The van der Waals surface area contributed by atoms with E-state index in [1.54, 1.807) is 9.80 Å². The Balaban J connectivity index is 1.08. The monoisotopic (exact) mass is 680 g/mol. The lowest BCUT2D eigenvalue weighted by atomic mass is 9.43. The fourth-order valence-electron chi connectivity index (χ4n) is 8.87. The molecule has 1 aromatic carbocycles. The average molecular weight is 681 g/mol. The maximum absolute atomic E-state index is 13.6. The molecule has 6 fully saturated rings. The first-order valence-corrected chi connectivity index (χ1v) is 18.4. The summed E-state index contributed by atoms with van der Waals surface area (Å²) in [6.07, 6.45) is 5.08. The van der Waals surface area contributed by atoms with Gasteiger partial charge in [-0.2, -0.15) is 0 Å². The van der Waals surface area contributed by atoms with Crippen LogP contribution in [0.25, 0.3) is 0 Å². The van der Waals surface area contributed by atoms with Crippen molar-refractivity contribution in [3.05, 3.63) is 28.8 Å². The van der Waals surface area contributed by atoms with E-state index in [0.717, 1.165) is 30.4 Å². The van der Waals surface area contributed by atoms with Crippen molar-refractivity contribution in [1.82, 2.24) is 9.80 Å². The van der Waals surface area contributed by atoms with E-state index in [2.05, 4.69) is 20.8 Å². The quantitative estimate of drug-likeness (QED) is 0.224. The molecule has 0 N–H and O–H groups in total. The number of aryl methyl sites for hydroxylation is 1. The third-order valence-corrected chi connectivity index (χ3v) is 11.7. The topological polar surface area (TPSA) is 104 Å². The van der Waals surface area contributed by atoms with Crippen LogP contribution in [0.4, 0.5) is 4.79 Å². The standard InChI is InChI=1S/C38H57BN2O8/c1-23-24(15-16-39-48-30-19-25-18-29(37(25,8)9)38(30,10)49-39)13-14-28(32(23)33(43)46-35(2,3)4)45-27-21-40(22-27)31(42)20-26-12-11-17-41(26)34(44)47-36(5,6)7/h13-14,25-27,29-30H,11-12,15-22H2,1-10H3/t25-,26+,29-,30+,38-/m0/s1. The lowest BCUT2D eigenvalue weighted by molar-refractivity contribution is -0.199. The lowest BCUT2D eigenvalue weighted by Crippen LogP contribution is -2.65. The molecule has 3 saturated heterocycles. The Bertz CT molecular complexity index is 1460. The number of carbonyl (C=O) groups excluding carboxylic acids is 3. The summed E-state index contributed by atoms with van der Waals surface area (Å²) in [4.78, 5) is 42.9. The van der Waals surface area contributed by atoms with Gasteiger partial charge in [-0.25, -0.2) is 9.59 Å². The molecule has 270 valence electrons. The number of hydrogen-bond acceptors (Lipinski definition) is 8. The molecule has 10 nitrogen and oxygen atoms in total. The molecule has 2 amide bonds. The Morgan fingerprint density at radius 3 is 2.35 bits per heavy atom. The molecule has 1 aromatic rings. The first kappa shape index (κ1) is 36.0. The smallest absolute Gasteiger partial charge is 0.457 e. The molecule has 0 aromatic heterocycles. The number of hydrogen-bond donors (Lipinski definition) is 0. The molecular formula is C38H57BN2O8. The molecule has 49 heavy (non-hydrogen) atoms. The van der Waals surface area contributed by atoms with E-state index in [1.807, 2.05) is 60.6 Å². The van der Waals surface area contributed by atoms with Crippen LogP contribution >= 0.6 is 0 Å². The van der Waals surface area contributed by atoms with Crippen molar-refractivity contribution >= 4 is 25.1 Å². The van der Waals surface area contributed by atoms with Crippen molar-refractivity contribution < 1.29 is 37.9 Å². The van der Waals surface area contributed by atoms with Gasteiger partial charge in [0.25, 0.3) is 0 Å². The van der Waals surface area contributed by atoms with Gasteiger partial charge in [-0.1, -0.05) is 19.9 Å². The highest BCUT2D eigenvalue weighted by Gasteiger charge is 2.67. The van der Waals surface area contributed by atoms with Gasteiger partial charge in [0.1, 0.15) is 28.6 Å². The van der Waals surface area contributed by atoms with Crippen LogP contribution in [-0.2, 0) is 30.0 Å². The SMILES string of the molecule is Cc1c(CCB2O[C@@H]3C[C@@H]4C[C@@H](C4(C)C)[C@]3(C)O2)ccc(OC2CN(C(=O)C[C@H]3CCCN3C(=O)OC(C)(C)C)C2)c1C(=O)OC(C)(C)C. The highest BCUT2D eigenvalue weighted by molar-refractivity contribution is 6.45. The van der Waals surface area contributed by atoms with Crippen LogP contribution in [0.3, 0.4) is 0 Å².